The summed E-state index contributed by atoms with van der Waals surface area (Å²) in [4.78, 5) is 48.4. The van der Waals surface area contributed by atoms with Gasteiger partial charge in [-0.05, 0) is 61.6 Å². The number of nitrogens with zero attached hydrogens (tertiary/aromatic N) is 8. The van der Waals surface area contributed by atoms with Crippen molar-refractivity contribution >= 4 is 29.0 Å². The van der Waals surface area contributed by atoms with Gasteiger partial charge < -0.3 is 19.6 Å². The predicted molar refractivity (Wildman–Crippen MR) is 166 cm³/mol. The number of aryl methyl sites for hydroxylation is 2. The summed E-state index contributed by atoms with van der Waals surface area (Å²) < 4.78 is 3.75. The maximum atomic E-state index is 13.3. The quantitative estimate of drug-likeness (QED) is 0.271. The van der Waals surface area contributed by atoms with Gasteiger partial charge in [-0.25, -0.2) is 29.7 Å². The molecule has 5 aromatic rings. The molecule has 0 aliphatic rings. The molecule has 0 saturated carbocycles. The van der Waals surface area contributed by atoms with E-state index in [4.69, 9.17) is 0 Å². The van der Waals surface area contributed by atoms with Gasteiger partial charge in [-0.1, -0.05) is 26.7 Å². The lowest BCUT2D eigenvalue weighted by Gasteiger charge is -2.31. The Morgan fingerprint density at radius 1 is 1.05 bits per heavy atom. The fraction of sp³-hybridized carbons (Fsp3) is 0.281. The number of amides is 2. The summed E-state index contributed by atoms with van der Waals surface area (Å²) in [5.74, 6) is 5.94. The molecule has 1 aromatic carbocycles. The van der Waals surface area contributed by atoms with Crippen LogP contribution in [0.25, 0.3) is 28.1 Å². The van der Waals surface area contributed by atoms with Crippen LogP contribution in [0.4, 0.5) is 10.6 Å². The van der Waals surface area contributed by atoms with Gasteiger partial charge in [-0.3, -0.25) is 9.69 Å². The summed E-state index contributed by atoms with van der Waals surface area (Å²) in [6, 6.07) is 10.2. The molecule has 2 amide bonds. The molecule has 224 valence electrons. The van der Waals surface area contributed by atoms with Crippen molar-refractivity contribution in [3.8, 4) is 28.8 Å². The van der Waals surface area contributed by atoms with Crippen LogP contribution in [0, 0.1) is 24.2 Å². The zero-order chi connectivity index (χ0) is 31.6. The molecule has 12 nitrogen and oxygen atoms in total. The molecular formula is C32H33N9O3. The van der Waals surface area contributed by atoms with Crippen LogP contribution >= 0.6 is 0 Å². The molecule has 0 aliphatic carbocycles. The molecule has 0 fully saturated rings. The van der Waals surface area contributed by atoms with Crippen molar-refractivity contribution in [3.05, 3.63) is 78.5 Å². The Bertz CT molecular complexity index is 1910. The molecule has 0 saturated heterocycles. The number of hydrogen-bond acceptors (Lipinski definition) is 7. The van der Waals surface area contributed by atoms with Crippen LogP contribution in [0.15, 0.2) is 61.6 Å². The number of imidazole rings is 2. The van der Waals surface area contributed by atoms with Crippen molar-refractivity contribution in [1.82, 2.24) is 39.0 Å². The number of carbonyl (C=O) groups is 2. The van der Waals surface area contributed by atoms with Gasteiger partial charge in [0.2, 0.25) is 5.91 Å². The first kappa shape index (κ1) is 29.9. The number of rotatable bonds is 6. The van der Waals surface area contributed by atoms with Gasteiger partial charge in [-0.15, -0.1) is 0 Å². The lowest BCUT2D eigenvalue weighted by Crippen LogP contribution is -2.48. The third-order valence-corrected chi connectivity index (χ3v) is 6.81. The summed E-state index contributed by atoms with van der Waals surface area (Å²) in [5, 5.41) is 12.6. The fourth-order valence-corrected chi connectivity index (χ4v) is 4.66. The highest BCUT2D eigenvalue weighted by Gasteiger charge is 2.30. The molecule has 4 aromatic heterocycles. The molecule has 1 unspecified atom stereocenters. The second kappa shape index (κ2) is 12.0. The van der Waals surface area contributed by atoms with E-state index in [0.29, 0.717) is 28.1 Å². The fourth-order valence-electron chi connectivity index (χ4n) is 4.66. The highest BCUT2D eigenvalue weighted by Crippen LogP contribution is 2.27. The maximum absolute atomic E-state index is 13.3. The minimum atomic E-state index is -1.18. The van der Waals surface area contributed by atoms with E-state index in [-0.39, 0.29) is 17.8 Å². The van der Waals surface area contributed by atoms with E-state index in [1.54, 1.807) is 31.7 Å². The number of anilines is 1. The second-order valence-electron chi connectivity index (χ2n) is 11.7. The molecule has 44 heavy (non-hydrogen) atoms. The van der Waals surface area contributed by atoms with Crippen LogP contribution in [0.2, 0.25) is 0 Å². The highest BCUT2D eigenvalue weighted by atomic mass is 16.4. The van der Waals surface area contributed by atoms with Gasteiger partial charge in [0.15, 0.2) is 5.65 Å². The van der Waals surface area contributed by atoms with E-state index in [2.05, 4.69) is 42.1 Å². The number of fused-ring (bicyclic) bond motifs is 1. The molecule has 0 aliphatic heterocycles. The number of benzene rings is 1. The van der Waals surface area contributed by atoms with E-state index in [1.807, 2.05) is 74.3 Å². The van der Waals surface area contributed by atoms with Crippen LogP contribution in [-0.4, -0.2) is 68.6 Å². The number of carboxylic acid groups (broad SMARTS) is 1. The molecule has 4 heterocycles. The zero-order valence-corrected chi connectivity index (χ0v) is 25.4. The Kier molecular flexibility index (Phi) is 8.13. The first-order chi connectivity index (χ1) is 20.9. The van der Waals surface area contributed by atoms with E-state index in [9.17, 15) is 14.7 Å². The molecule has 12 heteroatoms. The Hall–Kier alpha value is -5.57. The summed E-state index contributed by atoms with van der Waals surface area (Å²) in [5.41, 5.74) is 5.15. The average Bonchev–Trinajstić information content (AvgIpc) is 3.59. The molecule has 2 N–H and O–H groups in total. The van der Waals surface area contributed by atoms with Gasteiger partial charge >= 0.3 is 6.09 Å². The molecule has 1 atom stereocenters. The molecule has 0 spiro atoms. The summed E-state index contributed by atoms with van der Waals surface area (Å²) in [6.07, 6.45) is 5.60. The van der Waals surface area contributed by atoms with E-state index in [1.165, 1.54) is 6.33 Å². The number of nitrogens with one attached hydrogen (secondary N) is 1. The minimum absolute atomic E-state index is 0.180. The van der Waals surface area contributed by atoms with Crippen molar-refractivity contribution in [3.63, 3.8) is 0 Å². The van der Waals surface area contributed by atoms with Crippen LogP contribution in [-0.2, 0) is 11.8 Å². The largest absolute Gasteiger partial charge is 0.465 e. The van der Waals surface area contributed by atoms with Crippen molar-refractivity contribution in [1.29, 1.82) is 0 Å². The first-order valence-electron chi connectivity index (χ1n) is 14.0. The predicted octanol–water partition coefficient (Wildman–Crippen LogP) is 4.67. The van der Waals surface area contributed by atoms with Crippen molar-refractivity contribution in [2.45, 2.75) is 40.7 Å². The van der Waals surface area contributed by atoms with Crippen LogP contribution < -0.4 is 5.32 Å². The van der Waals surface area contributed by atoms with Gasteiger partial charge in [0, 0.05) is 36.6 Å². The van der Waals surface area contributed by atoms with Crippen molar-refractivity contribution in [2.75, 3.05) is 11.9 Å². The number of pyridine rings is 1. The number of hydrogen-bond donors (Lipinski definition) is 2. The Morgan fingerprint density at radius 2 is 1.80 bits per heavy atom. The summed E-state index contributed by atoms with van der Waals surface area (Å²) in [6.45, 7) is 9.41. The summed E-state index contributed by atoms with van der Waals surface area (Å²) >= 11 is 0. The maximum Gasteiger partial charge on any atom is 0.407 e. The van der Waals surface area contributed by atoms with Crippen LogP contribution in [0.1, 0.15) is 44.6 Å². The standard InChI is InChI=1S/C32H33N9O3/c1-20-15-40(19-35-20)25-11-8-22(9-12-25)7-10-24-13-23(27-28-29(34-17-33-27)36-18-39(28)6)14-26(37-24)38-30(42)21(2)41(31(43)44)16-32(3,4)5/h8-9,11-15,17-19,21H,16H2,1-6H3,(H,43,44)(H,37,38,42). The lowest BCUT2D eigenvalue weighted by atomic mass is 9.95. The molecule has 5 rings (SSSR count). The van der Waals surface area contributed by atoms with Crippen LogP contribution in [0.3, 0.4) is 0 Å². The SMILES string of the molecule is Cc1cn(-c2ccc(C#Cc3cc(-c4ncnc5ncn(C)c45)cc(NC(=O)C(C)N(CC(C)(C)C)C(=O)O)n3)cc2)cn1. The second-order valence-corrected chi connectivity index (χ2v) is 11.7. The smallest absolute Gasteiger partial charge is 0.407 e. The third-order valence-electron chi connectivity index (χ3n) is 6.81. The first-order valence-corrected chi connectivity index (χ1v) is 14.0. The van der Waals surface area contributed by atoms with Crippen LogP contribution in [0.5, 0.6) is 0 Å². The van der Waals surface area contributed by atoms with E-state index in [0.717, 1.165) is 21.8 Å². The Labute approximate surface area is 254 Å². The van der Waals surface area contributed by atoms with Gasteiger partial charge in [-0.2, -0.15) is 0 Å². The summed E-state index contributed by atoms with van der Waals surface area (Å²) in [7, 11) is 1.85. The van der Waals surface area contributed by atoms with Gasteiger partial charge in [0.25, 0.3) is 0 Å². The Morgan fingerprint density at radius 3 is 2.45 bits per heavy atom. The molecule has 0 bridgehead atoms. The molecular weight excluding hydrogens is 558 g/mol. The number of aromatic nitrogens is 7. The Balaban J connectivity index is 1.50. The van der Waals surface area contributed by atoms with E-state index >= 15 is 0 Å². The van der Waals surface area contributed by atoms with E-state index < -0.39 is 18.0 Å². The number of carbonyl (C=O) groups excluding carboxylic acids is 1. The average molecular weight is 592 g/mol. The van der Waals surface area contributed by atoms with Gasteiger partial charge in [0.1, 0.15) is 29.4 Å². The topological polar surface area (TPSA) is 144 Å². The normalized spacial score (nSPS) is 12.0. The van der Waals surface area contributed by atoms with Gasteiger partial charge in [0.05, 0.1) is 24.0 Å². The molecule has 0 radical (unpaired) electrons. The third kappa shape index (κ3) is 6.73. The van der Waals surface area contributed by atoms with Crippen molar-refractivity contribution < 1.29 is 14.7 Å². The zero-order valence-electron chi connectivity index (χ0n) is 25.4. The lowest BCUT2D eigenvalue weighted by molar-refractivity contribution is -0.120. The highest BCUT2D eigenvalue weighted by molar-refractivity contribution is 5.96. The minimum Gasteiger partial charge on any atom is -0.465 e. The van der Waals surface area contributed by atoms with Crippen molar-refractivity contribution in [2.24, 2.45) is 12.5 Å². The monoisotopic (exact) mass is 591 g/mol.